The molecule has 0 saturated heterocycles. The summed E-state index contributed by atoms with van der Waals surface area (Å²) >= 11 is 0. The lowest BCUT2D eigenvalue weighted by molar-refractivity contribution is 0.0347. The molecule has 2 N–H and O–H groups in total. The predicted octanol–water partition coefficient (Wildman–Crippen LogP) is 2.84. The van der Waals surface area contributed by atoms with Gasteiger partial charge in [-0.1, -0.05) is 65.8 Å². The smallest absolute Gasteiger partial charge is 0.290 e. The fourth-order valence-electron chi connectivity index (χ4n) is 2.73. The summed E-state index contributed by atoms with van der Waals surface area (Å²) in [7, 11) is 0. The Hall–Kier alpha value is -2.92. The minimum absolute atomic E-state index is 0.0600. The Morgan fingerprint density at radius 2 is 1.76 bits per heavy atom. The van der Waals surface area contributed by atoms with E-state index >= 15 is 0 Å². The Balaban J connectivity index is 1.80. The van der Waals surface area contributed by atoms with Crippen molar-refractivity contribution in [3.63, 3.8) is 0 Å². The number of rotatable bonds is 6. The second-order valence-corrected chi connectivity index (χ2v) is 6.08. The molecule has 0 radical (unpaired) electrons. The summed E-state index contributed by atoms with van der Waals surface area (Å²) < 4.78 is 4.97. The monoisotopic (exact) mass is 336 g/mol. The lowest BCUT2D eigenvalue weighted by atomic mass is 9.87. The Morgan fingerprint density at radius 1 is 1.12 bits per heavy atom. The molecule has 128 valence electrons. The van der Waals surface area contributed by atoms with Crippen LogP contribution >= 0.6 is 0 Å². The third kappa shape index (κ3) is 4.14. The first kappa shape index (κ1) is 16.9. The van der Waals surface area contributed by atoms with Crippen molar-refractivity contribution >= 4 is 5.91 Å². The summed E-state index contributed by atoms with van der Waals surface area (Å²) in [6.45, 7) is 1.81. The Kier molecular flexibility index (Phi) is 4.95. The highest BCUT2D eigenvalue weighted by molar-refractivity contribution is 5.91. The largest absolute Gasteiger partial charge is 0.383 e. The molecule has 1 amide bonds. The van der Waals surface area contributed by atoms with Crippen molar-refractivity contribution in [3.8, 4) is 0 Å². The lowest BCUT2D eigenvalue weighted by Gasteiger charge is -2.29. The number of benzene rings is 2. The zero-order valence-electron chi connectivity index (χ0n) is 14.0. The van der Waals surface area contributed by atoms with Gasteiger partial charge in [0.05, 0.1) is 12.2 Å². The van der Waals surface area contributed by atoms with E-state index in [0.717, 1.165) is 11.1 Å². The fourth-order valence-corrected chi connectivity index (χ4v) is 2.73. The van der Waals surface area contributed by atoms with Gasteiger partial charge in [-0.2, -0.15) is 0 Å². The molecule has 5 heteroatoms. The SMILES string of the molecule is Cc1cc(C(=O)NC[C@](O)(Cc2ccccc2)c2ccccc2)on1. The molecule has 2 aromatic carbocycles. The highest BCUT2D eigenvalue weighted by Gasteiger charge is 2.30. The maximum Gasteiger partial charge on any atom is 0.290 e. The molecule has 1 heterocycles. The first-order valence-corrected chi connectivity index (χ1v) is 8.10. The number of aryl methyl sites for hydroxylation is 1. The van der Waals surface area contributed by atoms with E-state index in [-0.39, 0.29) is 12.3 Å². The molecule has 1 aromatic heterocycles. The van der Waals surface area contributed by atoms with Crippen LogP contribution in [0.25, 0.3) is 0 Å². The summed E-state index contributed by atoms with van der Waals surface area (Å²) in [5, 5.41) is 17.7. The van der Waals surface area contributed by atoms with Gasteiger partial charge in [-0.25, -0.2) is 0 Å². The number of nitrogens with zero attached hydrogens (tertiary/aromatic N) is 1. The van der Waals surface area contributed by atoms with Gasteiger partial charge >= 0.3 is 0 Å². The van der Waals surface area contributed by atoms with E-state index in [1.165, 1.54) is 0 Å². The number of hydrogen-bond acceptors (Lipinski definition) is 4. The summed E-state index contributed by atoms with van der Waals surface area (Å²) in [5.74, 6) is -0.268. The maximum absolute atomic E-state index is 12.2. The van der Waals surface area contributed by atoms with E-state index in [0.29, 0.717) is 12.1 Å². The third-order valence-electron chi connectivity index (χ3n) is 4.04. The fraction of sp³-hybridized carbons (Fsp3) is 0.200. The molecule has 0 aliphatic carbocycles. The second-order valence-electron chi connectivity index (χ2n) is 6.08. The van der Waals surface area contributed by atoms with Crippen LogP contribution in [0.5, 0.6) is 0 Å². The minimum Gasteiger partial charge on any atom is -0.383 e. The first-order chi connectivity index (χ1) is 12.1. The van der Waals surface area contributed by atoms with Crippen LogP contribution < -0.4 is 5.32 Å². The van der Waals surface area contributed by atoms with Crippen LogP contribution in [0.3, 0.4) is 0 Å². The number of hydrogen-bond donors (Lipinski definition) is 2. The quantitative estimate of drug-likeness (QED) is 0.726. The van der Waals surface area contributed by atoms with E-state index in [1.54, 1.807) is 13.0 Å². The highest BCUT2D eigenvalue weighted by atomic mass is 16.5. The average Bonchev–Trinajstić information content (AvgIpc) is 3.08. The molecule has 3 aromatic rings. The van der Waals surface area contributed by atoms with Gasteiger partial charge < -0.3 is 14.9 Å². The molecular formula is C20H20N2O3. The topological polar surface area (TPSA) is 75.4 Å². The molecule has 5 nitrogen and oxygen atoms in total. The van der Waals surface area contributed by atoms with Gasteiger partial charge in [0.1, 0.15) is 5.60 Å². The van der Waals surface area contributed by atoms with Gasteiger partial charge in [-0.3, -0.25) is 4.79 Å². The van der Waals surface area contributed by atoms with Crippen molar-refractivity contribution in [2.75, 3.05) is 6.54 Å². The number of aromatic nitrogens is 1. The molecule has 1 atom stereocenters. The summed E-state index contributed by atoms with van der Waals surface area (Å²) in [5.41, 5.74) is 1.13. The molecule has 25 heavy (non-hydrogen) atoms. The summed E-state index contributed by atoms with van der Waals surface area (Å²) in [4.78, 5) is 12.2. The average molecular weight is 336 g/mol. The Morgan fingerprint density at radius 3 is 2.36 bits per heavy atom. The Bertz CT molecular complexity index is 830. The summed E-state index contributed by atoms with van der Waals surface area (Å²) in [6.07, 6.45) is 0.383. The standard InChI is InChI=1S/C20H20N2O3/c1-15-12-18(25-22-15)19(23)21-14-20(24,17-10-6-3-7-11-17)13-16-8-4-2-5-9-16/h2-12,24H,13-14H2,1H3,(H,21,23)/t20-/m1/s1. The van der Waals surface area contributed by atoms with Crippen molar-refractivity contribution in [2.45, 2.75) is 18.9 Å². The van der Waals surface area contributed by atoms with Crippen molar-refractivity contribution in [1.82, 2.24) is 10.5 Å². The van der Waals surface area contributed by atoms with Crippen LogP contribution in [-0.2, 0) is 12.0 Å². The number of amides is 1. The van der Waals surface area contributed by atoms with Crippen LogP contribution in [0.2, 0.25) is 0 Å². The lowest BCUT2D eigenvalue weighted by Crippen LogP contribution is -2.42. The molecule has 0 saturated carbocycles. The van der Waals surface area contributed by atoms with Crippen molar-refractivity contribution in [2.24, 2.45) is 0 Å². The van der Waals surface area contributed by atoms with Gasteiger partial charge in [0.25, 0.3) is 5.91 Å². The normalized spacial score (nSPS) is 13.2. The van der Waals surface area contributed by atoms with E-state index in [2.05, 4.69) is 10.5 Å². The number of carbonyl (C=O) groups is 1. The van der Waals surface area contributed by atoms with Gasteiger partial charge in [0, 0.05) is 12.5 Å². The molecule has 0 fully saturated rings. The molecule has 0 unspecified atom stereocenters. The summed E-state index contributed by atoms with van der Waals surface area (Å²) in [6, 6.07) is 20.6. The van der Waals surface area contributed by atoms with Gasteiger partial charge in [-0.15, -0.1) is 0 Å². The number of carbonyl (C=O) groups excluding carboxylic acids is 1. The van der Waals surface area contributed by atoms with Crippen molar-refractivity contribution in [3.05, 3.63) is 89.3 Å². The van der Waals surface area contributed by atoms with Crippen LogP contribution in [0.1, 0.15) is 27.4 Å². The van der Waals surface area contributed by atoms with Gasteiger partial charge in [0.15, 0.2) is 0 Å². The number of nitrogens with one attached hydrogen (secondary N) is 1. The van der Waals surface area contributed by atoms with Crippen LogP contribution in [0.4, 0.5) is 0 Å². The minimum atomic E-state index is -1.23. The van der Waals surface area contributed by atoms with Crippen molar-refractivity contribution < 1.29 is 14.4 Å². The molecule has 0 aliphatic heterocycles. The van der Waals surface area contributed by atoms with Crippen LogP contribution in [0.15, 0.2) is 71.3 Å². The molecule has 3 rings (SSSR count). The zero-order valence-corrected chi connectivity index (χ0v) is 14.0. The van der Waals surface area contributed by atoms with Gasteiger partial charge in [0.2, 0.25) is 5.76 Å². The molecule has 0 spiro atoms. The van der Waals surface area contributed by atoms with Crippen LogP contribution in [-0.4, -0.2) is 22.7 Å². The second kappa shape index (κ2) is 7.32. The number of aliphatic hydroxyl groups is 1. The first-order valence-electron chi connectivity index (χ1n) is 8.10. The van der Waals surface area contributed by atoms with Gasteiger partial charge in [-0.05, 0) is 18.1 Å². The highest BCUT2D eigenvalue weighted by Crippen LogP contribution is 2.25. The molecular weight excluding hydrogens is 316 g/mol. The van der Waals surface area contributed by atoms with Crippen molar-refractivity contribution in [1.29, 1.82) is 0 Å². The van der Waals surface area contributed by atoms with E-state index in [9.17, 15) is 9.90 Å². The Labute approximate surface area is 146 Å². The van der Waals surface area contributed by atoms with Crippen LogP contribution in [0, 0.1) is 6.92 Å². The van der Waals surface area contributed by atoms with E-state index < -0.39 is 11.5 Å². The predicted molar refractivity (Wildman–Crippen MR) is 94.1 cm³/mol. The maximum atomic E-state index is 12.2. The van der Waals surface area contributed by atoms with E-state index in [1.807, 2.05) is 60.7 Å². The van der Waals surface area contributed by atoms with E-state index in [4.69, 9.17) is 4.52 Å². The third-order valence-corrected chi connectivity index (χ3v) is 4.04. The zero-order chi connectivity index (χ0) is 17.7. The molecule has 0 aliphatic rings. The molecule has 0 bridgehead atoms.